The van der Waals surface area contributed by atoms with Crippen molar-refractivity contribution >= 4 is 38.9 Å². The highest BCUT2D eigenvalue weighted by Gasteiger charge is 2.16. The number of hydrogen-bond donors (Lipinski definition) is 0. The van der Waals surface area contributed by atoms with E-state index in [0.717, 1.165) is 17.1 Å². The van der Waals surface area contributed by atoms with Crippen molar-refractivity contribution in [2.75, 3.05) is 4.90 Å². The van der Waals surface area contributed by atoms with Crippen LogP contribution < -0.4 is 4.90 Å². The molecule has 0 spiro atoms. The summed E-state index contributed by atoms with van der Waals surface area (Å²) < 4.78 is 2.41. The predicted octanol–water partition coefficient (Wildman–Crippen LogP) is 15.2. The van der Waals surface area contributed by atoms with Gasteiger partial charge in [0, 0.05) is 33.4 Å². The molecule has 1 heterocycles. The van der Waals surface area contributed by atoms with Gasteiger partial charge in [-0.3, -0.25) is 0 Å². The maximum Gasteiger partial charge on any atom is 0.0541 e. The standard InChI is InChI=1S/C55H40N2/c1-39-19-21-41(22-20-39)44-29-35-48(36-30-44)56(47-33-27-43(28-34-47)40-11-3-2-4-12-40)49-37-31-45(32-38-49)42-23-25-46(26-24-42)50-13-5-8-16-53(50)57-54-17-9-6-14-51(54)52-15-7-10-18-55(52)57/h2-38H,1H3. The van der Waals surface area contributed by atoms with Crippen LogP contribution in [0.15, 0.2) is 224 Å². The fourth-order valence-electron chi connectivity index (χ4n) is 8.17. The molecule has 0 fully saturated rings. The molecule has 0 saturated heterocycles. The molecular weight excluding hydrogens is 689 g/mol. The van der Waals surface area contributed by atoms with Crippen LogP contribution in [0.5, 0.6) is 0 Å². The van der Waals surface area contributed by atoms with Crippen molar-refractivity contribution in [2.45, 2.75) is 6.92 Å². The fourth-order valence-corrected chi connectivity index (χ4v) is 8.17. The first kappa shape index (κ1) is 34.1. The third-order valence-electron chi connectivity index (χ3n) is 11.1. The lowest BCUT2D eigenvalue weighted by Gasteiger charge is -2.26. The lowest BCUT2D eigenvalue weighted by atomic mass is 9.98. The van der Waals surface area contributed by atoms with Crippen molar-refractivity contribution in [1.82, 2.24) is 4.57 Å². The molecule has 2 nitrogen and oxygen atoms in total. The maximum absolute atomic E-state index is 2.41. The molecule has 0 aliphatic carbocycles. The van der Waals surface area contributed by atoms with Crippen LogP contribution in [-0.4, -0.2) is 4.57 Å². The molecule has 0 aliphatic heterocycles. The Bertz CT molecular complexity index is 2900. The molecule has 0 bridgehead atoms. The largest absolute Gasteiger partial charge is 0.311 e. The smallest absolute Gasteiger partial charge is 0.0541 e. The van der Waals surface area contributed by atoms with Crippen molar-refractivity contribution in [3.05, 3.63) is 230 Å². The van der Waals surface area contributed by atoms with Gasteiger partial charge < -0.3 is 9.47 Å². The van der Waals surface area contributed by atoms with Gasteiger partial charge >= 0.3 is 0 Å². The molecule has 1 aromatic heterocycles. The van der Waals surface area contributed by atoms with Gasteiger partial charge in [-0.25, -0.2) is 0 Å². The van der Waals surface area contributed by atoms with Gasteiger partial charge in [-0.1, -0.05) is 175 Å². The SMILES string of the molecule is Cc1ccc(-c2ccc(N(c3ccc(-c4ccccc4)cc3)c3ccc(-c4ccc(-c5ccccc5-n5c6ccccc6c6ccccc65)cc4)cc3)cc2)cc1. The normalized spacial score (nSPS) is 11.2. The van der Waals surface area contributed by atoms with Crippen LogP contribution in [0.25, 0.3) is 72.0 Å². The zero-order valence-electron chi connectivity index (χ0n) is 31.8. The summed E-state index contributed by atoms with van der Waals surface area (Å²) in [6.07, 6.45) is 0. The van der Waals surface area contributed by atoms with Crippen molar-refractivity contribution in [1.29, 1.82) is 0 Å². The molecule has 0 amide bonds. The third-order valence-corrected chi connectivity index (χ3v) is 11.1. The number of anilines is 3. The quantitative estimate of drug-likeness (QED) is 0.151. The number of hydrogen-bond acceptors (Lipinski definition) is 1. The molecule has 57 heavy (non-hydrogen) atoms. The Hall–Kier alpha value is -7.42. The molecule has 2 heteroatoms. The van der Waals surface area contributed by atoms with E-state index in [-0.39, 0.29) is 0 Å². The van der Waals surface area contributed by atoms with Crippen LogP contribution in [0.3, 0.4) is 0 Å². The average Bonchev–Trinajstić information content (AvgIpc) is 3.62. The zero-order valence-corrected chi connectivity index (χ0v) is 31.8. The van der Waals surface area contributed by atoms with Crippen molar-refractivity contribution in [3.63, 3.8) is 0 Å². The van der Waals surface area contributed by atoms with Gasteiger partial charge in [0.15, 0.2) is 0 Å². The summed E-state index contributed by atoms with van der Waals surface area (Å²) in [5, 5.41) is 2.53. The predicted molar refractivity (Wildman–Crippen MR) is 242 cm³/mol. The van der Waals surface area contributed by atoms with E-state index in [2.05, 4.69) is 241 Å². The molecule has 0 aliphatic rings. The van der Waals surface area contributed by atoms with Crippen LogP contribution in [0.2, 0.25) is 0 Å². The highest BCUT2D eigenvalue weighted by atomic mass is 15.1. The number of aromatic nitrogens is 1. The highest BCUT2D eigenvalue weighted by molar-refractivity contribution is 6.09. The summed E-state index contributed by atoms with van der Waals surface area (Å²) in [6, 6.07) is 81.2. The summed E-state index contributed by atoms with van der Waals surface area (Å²) in [5.74, 6) is 0. The molecule has 0 N–H and O–H groups in total. The van der Waals surface area contributed by atoms with Gasteiger partial charge in [-0.15, -0.1) is 0 Å². The first-order valence-electron chi connectivity index (χ1n) is 19.6. The average molecular weight is 729 g/mol. The molecular formula is C55H40N2. The summed E-state index contributed by atoms with van der Waals surface area (Å²) in [4.78, 5) is 2.34. The van der Waals surface area contributed by atoms with Gasteiger partial charge in [0.05, 0.1) is 16.7 Å². The van der Waals surface area contributed by atoms with Gasteiger partial charge in [0.1, 0.15) is 0 Å². The van der Waals surface area contributed by atoms with E-state index < -0.39 is 0 Å². The van der Waals surface area contributed by atoms with Crippen LogP contribution in [0.1, 0.15) is 5.56 Å². The molecule has 9 aromatic carbocycles. The molecule has 10 aromatic rings. The van der Waals surface area contributed by atoms with E-state index in [4.69, 9.17) is 0 Å². The van der Waals surface area contributed by atoms with E-state index in [1.807, 2.05) is 0 Å². The number of rotatable bonds is 8. The van der Waals surface area contributed by atoms with E-state index >= 15 is 0 Å². The van der Waals surface area contributed by atoms with Gasteiger partial charge in [0.2, 0.25) is 0 Å². The minimum absolute atomic E-state index is 1.10. The van der Waals surface area contributed by atoms with Gasteiger partial charge in [-0.2, -0.15) is 0 Å². The number of fused-ring (bicyclic) bond motifs is 3. The minimum Gasteiger partial charge on any atom is -0.311 e. The van der Waals surface area contributed by atoms with E-state index in [1.54, 1.807) is 0 Å². The zero-order chi connectivity index (χ0) is 38.1. The van der Waals surface area contributed by atoms with Crippen LogP contribution in [-0.2, 0) is 0 Å². The lowest BCUT2D eigenvalue weighted by molar-refractivity contribution is 1.18. The number of nitrogens with zero attached hydrogens (tertiary/aromatic N) is 2. The lowest BCUT2D eigenvalue weighted by Crippen LogP contribution is -2.09. The number of para-hydroxylation sites is 3. The topological polar surface area (TPSA) is 8.17 Å². The maximum atomic E-state index is 2.41. The van der Waals surface area contributed by atoms with Gasteiger partial charge in [0.25, 0.3) is 0 Å². The monoisotopic (exact) mass is 728 g/mol. The summed E-state index contributed by atoms with van der Waals surface area (Å²) in [5.41, 5.74) is 17.8. The Kier molecular flexibility index (Phi) is 8.78. The Labute approximate surface area is 334 Å². The van der Waals surface area contributed by atoms with Crippen LogP contribution >= 0.6 is 0 Å². The van der Waals surface area contributed by atoms with Crippen molar-refractivity contribution in [2.24, 2.45) is 0 Å². The van der Waals surface area contributed by atoms with Gasteiger partial charge in [-0.05, 0) is 100 Å². The molecule has 10 rings (SSSR count). The second-order valence-corrected chi connectivity index (χ2v) is 14.7. The van der Waals surface area contributed by atoms with E-state index in [0.29, 0.717) is 0 Å². The fraction of sp³-hybridized carbons (Fsp3) is 0.0182. The molecule has 270 valence electrons. The Morgan fingerprint density at radius 1 is 0.298 bits per heavy atom. The minimum atomic E-state index is 1.10. The molecule has 0 unspecified atom stereocenters. The highest BCUT2D eigenvalue weighted by Crippen LogP contribution is 2.39. The molecule has 0 atom stereocenters. The van der Waals surface area contributed by atoms with Crippen molar-refractivity contribution < 1.29 is 0 Å². The Balaban J connectivity index is 0.977. The first-order valence-corrected chi connectivity index (χ1v) is 19.6. The van der Waals surface area contributed by atoms with E-state index in [1.165, 1.54) is 77.6 Å². The summed E-state index contributed by atoms with van der Waals surface area (Å²) in [7, 11) is 0. The Morgan fingerprint density at radius 2 is 0.649 bits per heavy atom. The third kappa shape index (κ3) is 6.48. The summed E-state index contributed by atoms with van der Waals surface area (Å²) >= 11 is 0. The molecule has 0 radical (unpaired) electrons. The van der Waals surface area contributed by atoms with E-state index in [9.17, 15) is 0 Å². The Morgan fingerprint density at radius 3 is 1.14 bits per heavy atom. The first-order chi connectivity index (χ1) is 28.2. The van der Waals surface area contributed by atoms with Crippen molar-refractivity contribution in [3.8, 4) is 50.2 Å². The van der Waals surface area contributed by atoms with Crippen LogP contribution in [0, 0.1) is 6.92 Å². The number of aryl methyl sites for hydroxylation is 1. The second-order valence-electron chi connectivity index (χ2n) is 14.7. The number of benzene rings is 9. The summed E-state index contributed by atoms with van der Waals surface area (Å²) in [6.45, 7) is 2.13. The second kappa shape index (κ2) is 14.7. The van der Waals surface area contributed by atoms with Crippen LogP contribution in [0.4, 0.5) is 17.1 Å². The molecule has 0 saturated carbocycles.